The number of nitrogens with one attached hydrogen (secondary N) is 2. The molecule has 2 heterocycles. The molecular formula is C12H18N4. The summed E-state index contributed by atoms with van der Waals surface area (Å²) in [7, 11) is 3.95. The Morgan fingerprint density at radius 1 is 1.50 bits per heavy atom. The Balaban J connectivity index is 2.41. The van der Waals surface area contributed by atoms with E-state index in [0.717, 1.165) is 24.4 Å². The van der Waals surface area contributed by atoms with E-state index in [9.17, 15) is 0 Å². The average molecular weight is 218 g/mol. The first-order valence-electron chi connectivity index (χ1n) is 5.55. The van der Waals surface area contributed by atoms with Gasteiger partial charge >= 0.3 is 0 Å². The maximum Gasteiger partial charge on any atom is 0.0733 e. The van der Waals surface area contributed by atoms with Crippen molar-refractivity contribution < 1.29 is 0 Å². The molecule has 0 radical (unpaired) electrons. The second kappa shape index (κ2) is 4.53. The van der Waals surface area contributed by atoms with E-state index < -0.39 is 0 Å². The van der Waals surface area contributed by atoms with Crippen LogP contribution in [0.5, 0.6) is 0 Å². The highest BCUT2D eigenvalue weighted by Gasteiger charge is 2.14. The van der Waals surface area contributed by atoms with Crippen LogP contribution in [0.2, 0.25) is 0 Å². The summed E-state index contributed by atoms with van der Waals surface area (Å²) in [6.45, 7) is 3.05. The van der Waals surface area contributed by atoms with E-state index in [1.807, 2.05) is 31.0 Å². The largest absolute Gasteiger partial charge is 0.361 e. The van der Waals surface area contributed by atoms with Gasteiger partial charge in [-0.25, -0.2) is 0 Å². The van der Waals surface area contributed by atoms with E-state index in [0.29, 0.717) is 0 Å². The van der Waals surface area contributed by atoms with Crippen LogP contribution in [-0.4, -0.2) is 28.4 Å². The van der Waals surface area contributed by atoms with Gasteiger partial charge in [0.05, 0.1) is 5.69 Å². The summed E-state index contributed by atoms with van der Waals surface area (Å²) < 4.78 is 1.95. The Morgan fingerprint density at radius 2 is 2.31 bits per heavy atom. The lowest BCUT2D eigenvalue weighted by Crippen LogP contribution is -2.11. The van der Waals surface area contributed by atoms with Crippen LogP contribution in [0.3, 0.4) is 0 Å². The van der Waals surface area contributed by atoms with E-state index in [1.54, 1.807) is 0 Å². The average Bonchev–Trinajstić information content (AvgIpc) is 2.86. The summed E-state index contributed by atoms with van der Waals surface area (Å²) >= 11 is 0. The summed E-state index contributed by atoms with van der Waals surface area (Å²) in [6, 6.07) is 4.11. The Bertz CT molecular complexity index is 454. The second-order valence-electron chi connectivity index (χ2n) is 3.97. The number of aryl methyl sites for hydroxylation is 1. The monoisotopic (exact) mass is 218 g/mol. The van der Waals surface area contributed by atoms with Crippen LogP contribution in [0.25, 0.3) is 11.3 Å². The number of aromatic nitrogens is 3. The van der Waals surface area contributed by atoms with E-state index in [4.69, 9.17) is 0 Å². The van der Waals surface area contributed by atoms with Crippen LogP contribution in [0.4, 0.5) is 0 Å². The van der Waals surface area contributed by atoms with Gasteiger partial charge in [0, 0.05) is 43.2 Å². The van der Waals surface area contributed by atoms with Gasteiger partial charge in [-0.05, 0) is 26.1 Å². The molecule has 2 N–H and O–H groups in total. The number of hydrogen-bond donors (Lipinski definition) is 2. The van der Waals surface area contributed by atoms with Crippen molar-refractivity contribution in [2.75, 3.05) is 13.6 Å². The lowest BCUT2D eigenvalue weighted by molar-refractivity contribution is 0.703. The van der Waals surface area contributed by atoms with Crippen LogP contribution in [0, 0.1) is 6.92 Å². The molecule has 16 heavy (non-hydrogen) atoms. The van der Waals surface area contributed by atoms with Crippen molar-refractivity contribution in [2.45, 2.75) is 13.3 Å². The van der Waals surface area contributed by atoms with Crippen molar-refractivity contribution in [1.82, 2.24) is 20.1 Å². The first-order valence-corrected chi connectivity index (χ1v) is 5.55. The minimum absolute atomic E-state index is 0.949. The molecule has 4 heteroatoms. The van der Waals surface area contributed by atoms with E-state index in [1.165, 1.54) is 11.3 Å². The van der Waals surface area contributed by atoms with Gasteiger partial charge in [0.2, 0.25) is 0 Å². The normalized spacial score (nSPS) is 10.9. The third-order valence-electron chi connectivity index (χ3n) is 2.89. The number of H-pyrrole nitrogens is 1. The van der Waals surface area contributed by atoms with E-state index in [-0.39, 0.29) is 0 Å². The van der Waals surface area contributed by atoms with Crippen molar-refractivity contribution in [3.05, 3.63) is 29.7 Å². The first-order chi connectivity index (χ1) is 7.74. The van der Waals surface area contributed by atoms with Gasteiger partial charge in [0.25, 0.3) is 0 Å². The Labute approximate surface area is 95.7 Å². The quantitative estimate of drug-likeness (QED) is 0.816. The van der Waals surface area contributed by atoms with Gasteiger partial charge < -0.3 is 10.3 Å². The molecule has 0 aliphatic carbocycles. The van der Waals surface area contributed by atoms with Gasteiger partial charge in [-0.15, -0.1) is 0 Å². The number of aromatic amines is 1. The lowest BCUT2D eigenvalue weighted by atomic mass is 10.1. The van der Waals surface area contributed by atoms with Crippen LogP contribution in [0.15, 0.2) is 18.3 Å². The zero-order valence-corrected chi connectivity index (χ0v) is 10.0. The Kier molecular flexibility index (Phi) is 3.10. The Hall–Kier alpha value is -1.55. The molecule has 0 aliphatic rings. The summed E-state index contributed by atoms with van der Waals surface area (Å²) in [4.78, 5) is 3.25. The molecule has 0 saturated carbocycles. The van der Waals surface area contributed by atoms with Crippen molar-refractivity contribution >= 4 is 0 Å². The van der Waals surface area contributed by atoms with Crippen molar-refractivity contribution in [3.8, 4) is 11.3 Å². The maximum absolute atomic E-state index is 4.56. The van der Waals surface area contributed by atoms with E-state index in [2.05, 4.69) is 28.4 Å². The number of hydrogen-bond acceptors (Lipinski definition) is 2. The molecule has 86 valence electrons. The number of likely N-dealkylation sites (N-methyl/N-ethyl adjacent to an activating group) is 1. The number of nitrogens with zero attached hydrogens (tertiary/aromatic N) is 2. The predicted molar refractivity (Wildman–Crippen MR) is 65.4 cm³/mol. The highest BCUT2D eigenvalue weighted by molar-refractivity contribution is 5.65. The fourth-order valence-electron chi connectivity index (χ4n) is 1.93. The molecular weight excluding hydrogens is 200 g/mol. The molecule has 0 unspecified atom stereocenters. The minimum Gasteiger partial charge on any atom is -0.361 e. The van der Waals surface area contributed by atoms with Gasteiger partial charge in [0.15, 0.2) is 0 Å². The zero-order chi connectivity index (χ0) is 11.5. The van der Waals surface area contributed by atoms with Gasteiger partial charge in [-0.2, -0.15) is 5.10 Å². The highest BCUT2D eigenvalue weighted by Crippen LogP contribution is 2.25. The molecule has 0 saturated heterocycles. The van der Waals surface area contributed by atoms with Crippen LogP contribution in [-0.2, 0) is 13.5 Å². The summed E-state index contributed by atoms with van der Waals surface area (Å²) in [5.41, 5.74) is 4.74. The fourth-order valence-corrected chi connectivity index (χ4v) is 1.93. The summed E-state index contributed by atoms with van der Waals surface area (Å²) in [5, 5.41) is 7.72. The third kappa shape index (κ3) is 1.88. The molecule has 0 bridgehead atoms. The fraction of sp³-hybridized carbons (Fsp3) is 0.417. The number of rotatable bonds is 4. The SMILES string of the molecule is CNCCc1nn(C)c(C)c1-c1ccc[nH]1. The second-order valence-corrected chi connectivity index (χ2v) is 3.97. The smallest absolute Gasteiger partial charge is 0.0733 e. The van der Waals surface area contributed by atoms with E-state index >= 15 is 0 Å². The molecule has 0 fully saturated rings. The Morgan fingerprint density at radius 3 is 2.94 bits per heavy atom. The molecule has 0 amide bonds. The van der Waals surface area contributed by atoms with Crippen LogP contribution < -0.4 is 5.32 Å². The standard InChI is InChI=1S/C12H18N4/c1-9-12(10-5-4-7-14-10)11(6-8-13-2)15-16(9)3/h4-5,7,13-14H,6,8H2,1-3H3. The maximum atomic E-state index is 4.56. The van der Waals surface area contributed by atoms with Crippen LogP contribution in [0.1, 0.15) is 11.4 Å². The minimum atomic E-state index is 0.949. The molecule has 2 aromatic rings. The molecule has 0 aliphatic heterocycles. The van der Waals surface area contributed by atoms with Gasteiger partial charge in [0.1, 0.15) is 0 Å². The van der Waals surface area contributed by atoms with Crippen LogP contribution >= 0.6 is 0 Å². The topological polar surface area (TPSA) is 45.6 Å². The van der Waals surface area contributed by atoms with Crippen molar-refractivity contribution in [1.29, 1.82) is 0 Å². The summed E-state index contributed by atoms with van der Waals surface area (Å²) in [5.74, 6) is 0. The van der Waals surface area contributed by atoms with Crippen molar-refractivity contribution in [2.24, 2.45) is 7.05 Å². The molecule has 0 atom stereocenters. The molecule has 4 nitrogen and oxygen atoms in total. The highest BCUT2D eigenvalue weighted by atomic mass is 15.3. The molecule has 0 aromatic carbocycles. The molecule has 2 aromatic heterocycles. The predicted octanol–water partition coefficient (Wildman–Crippen LogP) is 1.49. The van der Waals surface area contributed by atoms with Crippen molar-refractivity contribution in [3.63, 3.8) is 0 Å². The third-order valence-corrected chi connectivity index (χ3v) is 2.89. The van der Waals surface area contributed by atoms with Gasteiger partial charge in [-0.3, -0.25) is 4.68 Å². The molecule has 0 spiro atoms. The zero-order valence-electron chi connectivity index (χ0n) is 10.0. The molecule has 2 rings (SSSR count). The van der Waals surface area contributed by atoms with Gasteiger partial charge in [-0.1, -0.05) is 0 Å². The summed E-state index contributed by atoms with van der Waals surface area (Å²) in [6.07, 6.45) is 2.90. The lowest BCUT2D eigenvalue weighted by Gasteiger charge is -2.01. The first kappa shape index (κ1) is 11.0.